The minimum atomic E-state index is -2.81. The standard InChI is InChI=1S/C17H26F3NO/c1-6-17(19,20)11-21(7-8-22-5)14-9-13(4)16(12(2)3)15(18)10-14/h9-10,12H,6-8,11H2,1-5H3. The second-order valence-electron chi connectivity index (χ2n) is 5.94. The molecule has 0 saturated heterocycles. The molecule has 126 valence electrons. The van der Waals surface area contributed by atoms with Crippen molar-refractivity contribution in [3.8, 4) is 0 Å². The zero-order valence-electron chi connectivity index (χ0n) is 14.0. The van der Waals surface area contributed by atoms with Crippen LogP contribution in [0.25, 0.3) is 0 Å². The maximum absolute atomic E-state index is 14.3. The molecule has 2 nitrogen and oxygen atoms in total. The van der Waals surface area contributed by atoms with E-state index in [0.717, 1.165) is 5.56 Å². The van der Waals surface area contributed by atoms with Crippen molar-refractivity contribution in [2.45, 2.75) is 46.0 Å². The van der Waals surface area contributed by atoms with Gasteiger partial charge in [-0.1, -0.05) is 20.8 Å². The van der Waals surface area contributed by atoms with Crippen LogP contribution in [0.2, 0.25) is 0 Å². The summed E-state index contributed by atoms with van der Waals surface area (Å²) in [6.07, 6.45) is -0.248. The van der Waals surface area contributed by atoms with Crippen LogP contribution in [0, 0.1) is 12.7 Å². The first-order valence-corrected chi connectivity index (χ1v) is 7.63. The van der Waals surface area contributed by atoms with Crippen LogP contribution in [0.1, 0.15) is 44.2 Å². The minimum Gasteiger partial charge on any atom is -0.383 e. The summed E-state index contributed by atoms with van der Waals surface area (Å²) in [7, 11) is 1.52. The number of halogens is 3. The molecule has 0 spiro atoms. The number of benzene rings is 1. The summed E-state index contributed by atoms with van der Waals surface area (Å²) in [6, 6.07) is 3.13. The number of hydrogen-bond donors (Lipinski definition) is 0. The molecule has 1 aromatic rings. The average Bonchev–Trinajstić information content (AvgIpc) is 2.42. The second-order valence-corrected chi connectivity index (χ2v) is 5.94. The molecule has 0 unspecified atom stereocenters. The fourth-order valence-corrected chi connectivity index (χ4v) is 2.54. The topological polar surface area (TPSA) is 12.5 Å². The Labute approximate surface area is 131 Å². The summed E-state index contributed by atoms with van der Waals surface area (Å²) < 4.78 is 46.8. The molecule has 1 rings (SSSR count). The molecule has 0 aliphatic heterocycles. The summed E-state index contributed by atoms with van der Waals surface area (Å²) in [6.45, 7) is 7.26. The molecule has 0 fully saturated rings. The molecule has 0 atom stereocenters. The Morgan fingerprint density at radius 2 is 1.91 bits per heavy atom. The van der Waals surface area contributed by atoms with Crippen LogP contribution >= 0.6 is 0 Å². The second kappa shape index (κ2) is 7.86. The summed E-state index contributed by atoms with van der Waals surface area (Å²) >= 11 is 0. The lowest BCUT2D eigenvalue weighted by molar-refractivity contribution is 0.00437. The number of rotatable bonds is 8. The van der Waals surface area contributed by atoms with Crippen molar-refractivity contribution in [2.24, 2.45) is 0 Å². The van der Waals surface area contributed by atoms with E-state index in [1.165, 1.54) is 25.0 Å². The van der Waals surface area contributed by atoms with E-state index >= 15 is 0 Å². The zero-order chi connectivity index (χ0) is 16.9. The van der Waals surface area contributed by atoms with Crippen molar-refractivity contribution in [3.63, 3.8) is 0 Å². The fraction of sp³-hybridized carbons (Fsp3) is 0.647. The van der Waals surface area contributed by atoms with Crippen molar-refractivity contribution in [2.75, 3.05) is 31.7 Å². The molecule has 0 amide bonds. The summed E-state index contributed by atoms with van der Waals surface area (Å²) in [5.74, 6) is -3.10. The molecule has 0 aliphatic rings. The highest BCUT2D eigenvalue weighted by Crippen LogP contribution is 2.30. The third-order valence-corrected chi connectivity index (χ3v) is 3.77. The van der Waals surface area contributed by atoms with Crippen LogP contribution < -0.4 is 4.90 Å². The molecule has 1 aromatic carbocycles. The Morgan fingerprint density at radius 1 is 1.27 bits per heavy atom. The van der Waals surface area contributed by atoms with Gasteiger partial charge in [-0.3, -0.25) is 0 Å². The van der Waals surface area contributed by atoms with Crippen molar-refractivity contribution in [3.05, 3.63) is 29.1 Å². The van der Waals surface area contributed by atoms with Crippen LogP contribution in [0.4, 0.5) is 18.9 Å². The number of hydrogen-bond acceptors (Lipinski definition) is 2. The van der Waals surface area contributed by atoms with Crippen LogP contribution in [-0.2, 0) is 4.74 Å². The van der Waals surface area contributed by atoms with E-state index < -0.39 is 12.5 Å². The molecule has 0 saturated carbocycles. The third-order valence-electron chi connectivity index (χ3n) is 3.77. The van der Waals surface area contributed by atoms with Crippen molar-refractivity contribution < 1.29 is 17.9 Å². The number of alkyl halides is 2. The van der Waals surface area contributed by atoms with Gasteiger partial charge in [-0.05, 0) is 36.1 Å². The molecule has 0 bridgehead atoms. The Morgan fingerprint density at radius 3 is 2.36 bits per heavy atom. The molecule has 0 aliphatic carbocycles. The summed E-state index contributed by atoms with van der Waals surface area (Å²) in [5.41, 5.74) is 1.90. The largest absolute Gasteiger partial charge is 0.383 e. The predicted octanol–water partition coefficient (Wildman–Crippen LogP) is 4.76. The minimum absolute atomic E-state index is 0.0542. The van der Waals surface area contributed by atoms with Gasteiger partial charge >= 0.3 is 0 Å². The maximum atomic E-state index is 14.3. The van der Waals surface area contributed by atoms with E-state index in [1.54, 1.807) is 6.07 Å². The van der Waals surface area contributed by atoms with Crippen LogP contribution in [0.5, 0.6) is 0 Å². The first-order chi connectivity index (χ1) is 10.2. The van der Waals surface area contributed by atoms with Gasteiger partial charge in [0.1, 0.15) is 5.82 Å². The van der Waals surface area contributed by atoms with Crippen molar-refractivity contribution in [1.82, 2.24) is 0 Å². The smallest absolute Gasteiger partial charge is 0.264 e. The van der Waals surface area contributed by atoms with E-state index in [-0.39, 0.29) is 18.2 Å². The van der Waals surface area contributed by atoms with Gasteiger partial charge in [-0.2, -0.15) is 0 Å². The Hall–Kier alpha value is -1.23. The van der Waals surface area contributed by atoms with Gasteiger partial charge in [-0.25, -0.2) is 13.2 Å². The normalized spacial score (nSPS) is 12.0. The quantitative estimate of drug-likeness (QED) is 0.685. The first kappa shape index (κ1) is 18.8. The van der Waals surface area contributed by atoms with Gasteiger partial charge in [0.25, 0.3) is 5.92 Å². The molecule has 0 N–H and O–H groups in total. The molecule has 0 aromatic heterocycles. The maximum Gasteiger partial charge on any atom is 0.264 e. The van der Waals surface area contributed by atoms with Crippen LogP contribution in [0.3, 0.4) is 0 Å². The molecule has 5 heteroatoms. The molecular weight excluding hydrogens is 291 g/mol. The number of ether oxygens (including phenoxy) is 1. The lowest BCUT2D eigenvalue weighted by atomic mass is 9.96. The molecule has 0 heterocycles. The van der Waals surface area contributed by atoms with E-state index in [0.29, 0.717) is 24.4 Å². The van der Waals surface area contributed by atoms with Gasteiger partial charge in [-0.15, -0.1) is 0 Å². The predicted molar refractivity (Wildman–Crippen MR) is 84.6 cm³/mol. The molecular formula is C17H26F3NO. The number of aryl methyl sites for hydroxylation is 1. The number of methoxy groups -OCH3 is 1. The SMILES string of the molecule is CCC(F)(F)CN(CCOC)c1cc(C)c(C(C)C)c(F)c1. The number of nitrogens with zero attached hydrogens (tertiary/aromatic N) is 1. The monoisotopic (exact) mass is 317 g/mol. The average molecular weight is 317 g/mol. The molecule has 22 heavy (non-hydrogen) atoms. The summed E-state index contributed by atoms with van der Waals surface area (Å²) in [5, 5.41) is 0. The van der Waals surface area contributed by atoms with Crippen LogP contribution in [0.15, 0.2) is 12.1 Å². The third kappa shape index (κ3) is 4.90. The highest BCUT2D eigenvalue weighted by Gasteiger charge is 2.30. The first-order valence-electron chi connectivity index (χ1n) is 7.63. The highest BCUT2D eigenvalue weighted by molar-refractivity contribution is 5.52. The van der Waals surface area contributed by atoms with Gasteiger partial charge < -0.3 is 9.64 Å². The Balaban J connectivity index is 3.14. The van der Waals surface area contributed by atoms with Crippen molar-refractivity contribution in [1.29, 1.82) is 0 Å². The highest BCUT2D eigenvalue weighted by atomic mass is 19.3. The van der Waals surface area contributed by atoms with Gasteiger partial charge in [0, 0.05) is 25.8 Å². The van der Waals surface area contributed by atoms with Gasteiger partial charge in [0.15, 0.2) is 0 Å². The van der Waals surface area contributed by atoms with Crippen LogP contribution in [-0.4, -0.2) is 32.7 Å². The lowest BCUT2D eigenvalue weighted by Crippen LogP contribution is -2.38. The van der Waals surface area contributed by atoms with E-state index in [9.17, 15) is 13.2 Å². The van der Waals surface area contributed by atoms with E-state index in [4.69, 9.17) is 4.74 Å². The number of anilines is 1. The molecule has 0 radical (unpaired) electrons. The van der Waals surface area contributed by atoms with Gasteiger partial charge in [0.05, 0.1) is 13.2 Å². The Kier molecular flexibility index (Phi) is 6.72. The van der Waals surface area contributed by atoms with E-state index in [1.807, 2.05) is 20.8 Å². The lowest BCUT2D eigenvalue weighted by Gasteiger charge is -2.29. The fourth-order valence-electron chi connectivity index (χ4n) is 2.54. The van der Waals surface area contributed by atoms with E-state index in [2.05, 4.69) is 0 Å². The summed E-state index contributed by atoms with van der Waals surface area (Å²) in [4.78, 5) is 1.49. The van der Waals surface area contributed by atoms with Crippen molar-refractivity contribution >= 4 is 5.69 Å². The van der Waals surface area contributed by atoms with Gasteiger partial charge in [0.2, 0.25) is 0 Å². The zero-order valence-corrected chi connectivity index (χ0v) is 14.0. The Bertz CT molecular complexity index is 466.